The summed E-state index contributed by atoms with van der Waals surface area (Å²) in [6, 6.07) is 0. The largest absolute Gasteiger partial charge is 0.478 e. The van der Waals surface area contributed by atoms with Gasteiger partial charge < -0.3 is 19.3 Å². The summed E-state index contributed by atoms with van der Waals surface area (Å²) < 4.78 is 14.9. The van der Waals surface area contributed by atoms with Crippen molar-refractivity contribution < 1.29 is 38.5 Å². The van der Waals surface area contributed by atoms with Crippen LogP contribution in [0, 0.1) is 0 Å². The second kappa shape index (κ2) is 65.8. The molecule has 70 heavy (non-hydrogen) atoms. The Bertz CT molecular complexity index is 1160. The molecule has 0 fully saturated rings. The molecule has 1 N–H and O–H groups in total. The first-order valence-electron chi connectivity index (χ1n) is 29.2. The molecule has 0 saturated heterocycles. The number of unbranched alkanes of at least 4 members (excludes halogenated alkanes) is 39. The van der Waals surface area contributed by atoms with E-state index in [-0.39, 0.29) is 23.5 Å². The predicted octanol–water partition coefficient (Wildman–Crippen LogP) is 19.6. The predicted molar refractivity (Wildman–Crippen MR) is 301 cm³/mol. The highest BCUT2D eigenvalue weighted by Crippen LogP contribution is 2.16. The topological polar surface area (TPSA) is 116 Å². The maximum absolute atomic E-state index is 11.1. The Balaban J connectivity index is -0.000000444. The number of carboxylic acid groups (broad SMARTS) is 1. The van der Waals surface area contributed by atoms with Crippen molar-refractivity contribution in [1.82, 2.24) is 0 Å². The van der Waals surface area contributed by atoms with E-state index in [1.807, 2.05) is 0 Å². The molecule has 0 radical (unpaired) electrons. The van der Waals surface area contributed by atoms with Crippen molar-refractivity contribution in [2.24, 2.45) is 0 Å². The van der Waals surface area contributed by atoms with E-state index in [1.165, 1.54) is 269 Å². The third-order valence-electron chi connectivity index (χ3n) is 12.3. The van der Waals surface area contributed by atoms with Crippen molar-refractivity contribution in [2.45, 2.75) is 304 Å². The zero-order chi connectivity index (χ0) is 52.8. The molecule has 0 aromatic carbocycles. The molecule has 0 aliphatic heterocycles. The van der Waals surface area contributed by atoms with Gasteiger partial charge in [-0.25, -0.2) is 19.2 Å². The molecule has 0 bridgehead atoms. The lowest BCUT2D eigenvalue weighted by molar-refractivity contribution is -0.139. The summed E-state index contributed by atoms with van der Waals surface area (Å²) in [6.45, 7) is 25.0. The van der Waals surface area contributed by atoms with Crippen molar-refractivity contribution in [3.8, 4) is 0 Å². The first kappa shape index (κ1) is 73.4. The van der Waals surface area contributed by atoms with E-state index >= 15 is 0 Å². The summed E-state index contributed by atoms with van der Waals surface area (Å²) in [4.78, 5) is 42.3. The number of aliphatic carboxylic acids is 1. The minimum absolute atomic E-state index is 0.176. The van der Waals surface area contributed by atoms with Crippen molar-refractivity contribution in [3.05, 3.63) is 49.6 Å². The lowest BCUT2D eigenvalue weighted by Gasteiger charge is -2.04. The van der Waals surface area contributed by atoms with E-state index in [0.717, 1.165) is 19.3 Å². The number of carbonyl (C=O) groups is 4. The molecular weight excluding hydrogens is 873 g/mol. The van der Waals surface area contributed by atoms with Crippen LogP contribution in [-0.4, -0.2) is 48.8 Å². The second-order valence-corrected chi connectivity index (χ2v) is 19.5. The highest BCUT2D eigenvalue weighted by molar-refractivity contribution is 5.87. The van der Waals surface area contributed by atoms with Crippen molar-refractivity contribution >= 4 is 23.9 Å². The van der Waals surface area contributed by atoms with E-state index in [0.29, 0.717) is 25.4 Å². The van der Waals surface area contributed by atoms with Gasteiger partial charge in [0.25, 0.3) is 0 Å². The Morgan fingerprint density at radius 1 is 0.329 bits per heavy atom. The average molecular weight is 990 g/mol. The zero-order valence-corrected chi connectivity index (χ0v) is 47.1. The van der Waals surface area contributed by atoms with Gasteiger partial charge in [-0.2, -0.15) is 0 Å². The number of carbonyl (C=O) groups excluding carboxylic acids is 3. The molecular formula is C62H116O8. The van der Waals surface area contributed by atoms with E-state index < -0.39 is 5.97 Å². The van der Waals surface area contributed by atoms with Crippen LogP contribution in [0.15, 0.2) is 49.6 Å². The van der Waals surface area contributed by atoms with Gasteiger partial charge in [0.15, 0.2) is 0 Å². The van der Waals surface area contributed by atoms with Crippen LogP contribution >= 0.6 is 0 Å². The number of hydrogen-bond acceptors (Lipinski definition) is 7. The molecule has 412 valence electrons. The van der Waals surface area contributed by atoms with E-state index in [1.54, 1.807) is 6.92 Å². The smallest absolute Gasteiger partial charge is 0.333 e. The van der Waals surface area contributed by atoms with E-state index in [9.17, 15) is 19.2 Å². The highest BCUT2D eigenvalue weighted by atomic mass is 16.5. The van der Waals surface area contributed by atoms with Crippen LogP contribution in [0.1, 0.15) is 304 Å². The van der Waals surface area contributed by atoms with Crippen LogP contribution < -0.4 is 0 Å². The third-order valence-corrected chi connectivity index (χ3v) is 12.3. The number of esters is 3. The van der Waals surface area contributed by atoms with Crippen molar-refractivity contribution in [3.63, 3.8) is 0 Å². The molecule has 8 nitrogen and oxygen atoms in total. The normalized spacial score (nSPS) is 10.3. The Hall–Kier alpha value is -3.16. The molecule has 0 heterocycles. The average Bonchev–Trinajstić information content (AvgIpc) is 3.35. The van der Waals surface area contributed by atoms with Crippen molar-refractivity contribution in [1.29, 1.82) is 0 Å². The molecule has 0 aliphatic carbocycles. The first-order chi connectivity index (χ1) is 33.9. The van der Waals surface area contributed by atoms with Crippen LogP contribution in [0.3, 0.4) is 0 Å². The lowest BCUT2D eigenvalue weighted by Crippen LogP contribution is -2.05. The summed E-state index contributed by atoms with van der Waals surface area (Å²) in [5.41, 5.74) is 0.666. The fourth-order valence-corrected chi connectivity index (χ4v) is 7.64. The fourth-order valence-electron chi connectivity index (χ4n) is 7.64. The number of ether oxygens (including phenoxy) is 3. The van der Waals surface area contributed by atoms with Crippen LogP contribution in [0.25, 0.3) is 0 Å². The molecule has 8 heteroatoms. The second-order valence-electron chi connectivity index (χ2n) is 19.5. The van der Waals surface area contributed by atoms with E-state index in [4.69, 9.17) is 19.3 Å². The van der Waals surface area contributed by atoms with Gasteiger partial charge in [0.05, 0.1) is 19.8 Å². The number of hydrogen-bond donors (Lipinski definition) is 1. The van der Waals surface area contributed by atoms with Gasteiger partial charge in [-0.1, -0.05) is 297 Å². The summed E-state index contributed by atoms with van der Waals surface area (Å²) in [5.74, 6) is -1.79. The van der Waals surface area contributed by atoms with Gasteiger partial charge in [0.2, 0.25) is 0 Å². The quantitative estimate of drug-likeness (QED) is 0.0277. The summed E-state index contributed by atoms with van der Waals surface area (Å²) in [5, 5.41) is 7.89. The van der Waals surface area contributed by atoms with Gasteiger partial charge in [-0.3, -0.25) is 0 Å². The molecule has 0 aliphatic rings. The molecule has 0 aromatic heterocycles. The van der Waals surface area contributed by atoms with E-state index in [2.05, 4.69) is 47.1 Å². The van der Waals surface area contributed by atoms with Gasteiger partial charge in [-0.05, 0) is 33.1 Å². The molecule has 0 saturated carbocycles. The standard InChI is InChI=1S/C23H44O2.C18H34O2.C17H32O2.C4H6O2/c1-3-5-6-7-8-9-10-11-12-13-14-15-16-17-18-19-20-21-22-25-23(24)4-2;1-4-5-6-7-8-9-10-11-12-13-14-15-16-20-18(19)17(2)3;1-3-5-6-7-8-9-10-11-12-13-14-15-16-19-17(18)4-2;1-3(2)4(5)6/h4H,2-3,5-22H2,1H3;2,4-16H2,1,3H3;4H,2-3,5-16H2,1H3;1H2,2H3,(H,5,6). The fraction of sp³-hybridized carbons (Fsp3) is 0.806. The minimum Gasteiger partial charge on any atom is -0.478 e. The monoisotopic (exact) mass is 989 g/mol. The van der Waals surface area contributed by atoms with Crippen LogP contribution in [0.4, 0.5) is 0 Å². The van der Waals surface area contributed by atoms with Crippen LogP contribution in [-0.2, 0) is 33.4 Å². The van der Waals surface area contributed by atoms with Gasteiger partial charge in [-0.15, -0.1) is 0 Å². The summed E-state index contributed by atoms with van der Waals surface area (Å²) >= 11 is 0. The Labute approximate surface area is 434 Å². The molecule has 0 rings (SSSR count). The maximum atomic E-state index is 11.1. The number of carboxylic acids is 1. The molecule has 0 aromatic rings. The first-order valence-corrected chi connectivity index (χ1v) is 29.2. The SMILES string of the molecule is C=C(C)C(=O)O.C=C(C)C(=O)OCCCCCCCCCCCCCC.C=CC(=O)OCCCCCCCCCCCCCC.C=CC(=O)OCCCCCCCCCCCCCCCCCCCC. The highest BCUT2D eigenvalue weighted by Gasteiger charge is 2.02. The number of rotatable bonds is 49. The lowest BCUT2D eigenvalue weighted by atomic mass is 10.0. The van der Waals surface area contributed by atoms with Crippen LogP contribution in [0.2, 0.25) is 0 Å². The summed E-state index contributed by atoms with van der Waals surface area (Å²) in [6.07, 6.45) is 58.9. The summed E-state index contributed by atoms with van der Waals surface area (Å²) in [7, 11) is 0. The van der Waals surface area contributed by atoms with Crippen molar-refractivity contribution in [2.75, 3.05) is 19.8 Å². The van der Waals surface area contributed by atoms with Crippen LogP contribution in [0.5, 0.6) is 0 Å². The van der Waals surface area contributed by atoms with Gasteiger partial charge in [0.1, 0.15) is 0 Å². The Morgan fingerprint density at radius 2 is 0.500 bits per heavy atom. The minimum atomic E-state index is -0.935. The maximum Gasteiger partial charge on any atom is 0.333 e. The Kier molecular flexibility index (Phi) is 69.0. The van der Waals surface area contributed by atoms with Gasteiger partial charge in [0, 0.05) is 23.3 Å². The molecule has 0 amide bonds. The zero-order valence-electron chi connectivity index (χ0n) is 47.1. The Morgan fingerprint density at radius 3 is 0.657 bits per heavy atom. The third kappa shape index (κ3) is 73.8. The molecule has 0 spiro atoms. The molecule has 0 unspecified atom stereocenters. The van der Waals surface area contributed by atoms with Gasteiger partial charge >= 0.3 is 23.9 Å². The molecule has 0 atom stereocenters.